The van der Waals surface area contributed by atoms with Crippen LogP contribution in [-0.4, -0.2) is 48.2 Å². The zero-order valence-electron chi connectivity index (χ0n) is 14.7. The van der Waals surface area contributed by atoms with E-state index in [9.17, 15) is 5.26 Å². The lowest BCUT2D eigenvalue weighted by atomic mass is 10.0. The molecule has 25 heavy (non-hydrogen) atoms. The van der Waals surface area contributed by atoms with Gasteiger partial charge in [0.05, 0.1) is 18.7 Å². The molecule has 0 unspecified atom stereocenters. The van der Waals surface area contributed by atoms with Gasteiger partial charge in [-0.1, -0.05) is 18.2 Å². The van der Waals surface area contributed by atoms with Gasteiger partial charge in [0.15, 0.2) is 0 Å². The van der Waals surface area contributed by atoms with E-state index in [2.05, 4.69) is 32.9 Å². The van der Waals surface area contributed by atoms with E-state index in [1.54, 1.807) is 13.4 Å². The number of ether oxygens (including phenoxy) is 1. The van der Waals surface area contributed by atoms with Crippen LogP contribution in [0.4, 0.5) is 5.82 Å². The van der Waals surface area contributed by atoms with Gasteiger partial charge in [0, 0.05) is 31.7 Å². The third kappa shape index (κ3) is 4.06. The van der Waals surface area contributed by atoms with Gasteiger partial charge in [0.25, 0.3) is 0 Å². The molecule has 0 atom stereocenters. The second-order valence-electron chi connectivity index (χ2n) is 6.32. The van der Waals surface area contributed by atoms with E-state index >= 15 is 0 Å². The number of hydrogen-bond donors (Lipinski definition) is 0. The van der Waals surface area contributed by atoms with Gasteiger partial charge in [-0.15, -0.1) is 0 Å². The monoisotopic (exact) mass is 337 g/mol. The molecule has 1 aliphatic heterocycles. The zero-order valence-corrected chi connectivity index (χ0v) is 14.7. The van der Waals surface area contributed by atoms with Crippen LogP contribution in [0.2, 0.25) is 0 Å². The molecule has 0 saturated carbocycles. The molecule has 1 aromatic heterocycles. The van der Waals surface area contributed by atoms with E-state index in [1.165, 1.54) is 0 Å². The van der Waals surface area contributed by atoms with Gasteiger partial charge in [-0.3, -0.25) is 4.90 Å². The van der Waals surface area contributed by atoms with Crippen molar-refractivity contribution in [1.29, 1.82) is 5.26 Å². The van der Waals surface area contributed by atoms with Gasteiger partial charge in [0.1, 0.15) is 12.1 Å². The largest absolute Gasteiger partial charge is 0.481 e. The molecule has 130 valence electrons. The van der Waals surface area contributed by atoms with E-state index in [-0.39, 0.29) is 0 Å². The fourth-order valence-corrected chi connectivity index (χ4v) is 3.32. The summed E-state index contributed by atoms with van der Waals surface area (Å²) in [6.07, 6.45) is 3.68. The highest BCUT2D eigenvalue weighted by atomic mass is 16.5. The van der Waals surface area contributed by atoms with Crippen molar-refractivity contribution in [2.75, 3.05) is 32.1 Å². The third-order valence-electron chi connectivity index (χ3n) is 4.81. The maximum atomic E-state index is 9.25. The number of piperidine rings is 1. The third-order valence-corrected chi connectivity index (χ3v) is 4.81. The summed E-state index contributed by atoms with van der Waals surface area (Å²) in [5, 5.41) is 9.25. The average Bonchev–Trinajstić information content (AvgIpc) is 2.68. The van der Waals surface area contributed by atoms with E-state index in [0.717, 1.165) is 49.4 Å². The summed E-state index contributed by atoms with van der Waals surface area (Å²) in [4.78, 5) is 13.1. The molecule has 0 aliphatic carbocycles. The first-order valence-electron chi connectivity index (χ1n) is 8.50. The van der Waals surface area contributed by atoms with Crippen molar-refractivity contribution in [1.82, 2.24) is 14.9 Å². The zero-order chi connectivity index (χ0) is 17.6. The fourth-order valence-electron chi connectivity index (χ4n) is 3.32. The Hall–Kier alpha value is -2.65. The van der Waals surface area contributed by atoms with Crippen LogP contribution in [0.3, 0.4) is 0 Å². The van der Waals surface area contributed by atoms with Crippen LogP contribution in [-0.2, 0) is 6.54 Å². The first kappa shape index (κ1) is 17.2. The van der Waals surface area contributed by atoms with Crippen molar-refractivity contribution in [3.05, 3.63) is 47.8 Å². The van der Waals surface area contributed by atoms with Crippen molar-refractivity contribution in [3.63, 3.8) is 0 Å². The molecule has 1 aliphatic rings. The van der Waals surface area contributed by atoms with Gasteiger partial charge in [-0.25, -0.2) is 9.97 Å². The average molecular weight is 337 g/mol. The summed E-state index contributed by atoms with van der Waals surface area (Å²) in [5.74, 6) is 1.51. The number of benzene rings is 1. The highest BCUT2D eigenvalue weighted by Gasteiger charge is 2.24. The molecule has 0 radical (unpaired) electrons. The van der Waals surface area contributed by atoms with Crippen LogP contribution in [0.25, 0.3) is 0 Å². The van der Waals surface area contributed by atoms with E-state index in [4.69, 9.17) is 4.74 Å². The molecule has 2 heterocycles. The number of nitrogens with zero attached hydrogens (tertiary/aromatic N) is 5. The van der Waals surface area contributed by atoms with Gasteiger partial charge >= 0.3 is 0 Å². The highest BCUT2D eigenvalue weighted by molar-refractivity contribution is 5.41. The maximum Gasteiger partial charge on any atom is 0.218 e. The lowest BCUT2D eigenvalue weighted by Gasteiger charge is -2.37. The molecule has 3 rings (SSSR count). The molecule has 0 amide bonds. The summed E-state index contributed by atoms with van der Waals surface area (Å²) in [6.45, 7) is 2.71. The predicted octanol–water partition coefficient (Wildman–Crippen LogP) is 2.46. The number of rotatable bonds is 5. The number of aromatic nitrogens is 2. The maximum absolute atomic E-state index is 9.25. The van der Waals surface area contributed by atoms with Crippen molar-refractivity contribution in [2.24, 2.45) is 0 Å². The quantitative estimate of drug-likeness (QED) is 0.835. The van der Waals surface area contributed by atoms with Gasteiger partial charge in [-0.2, -0.15) is 5.26 Å². The fraction of sp³-hybridized carbons (Fsp3) is 0.421. The minimum atomic E-state index is 0.506. The van der Waals surface area contributed by atoms with Crippen LogP contribution < -0.4 is 9.64 Å². The van der Waals surface area contributed by atoms with Crippen LogP contribution in [0.5, 0.6) is 5.88 Å². The Morgan fingerprint density at radius 1 is 1.28 bits per heavy atom. The SMILES string of the molecule is COc1cc(N2CCC(N(C)Cc3ccccc3C#N)CC2)ncn1. The van der Waals surface area contributed by atoms with E-state index < -0.39 is 0 Å². The smallest absolute Gasteiger partial charge is 0.218 e. The minimum Gasteiger partial charge on any atom is -0.481 e. The summed E-state index contributed by atoms with van der Waals surface area (Å²) in [5.41, 5.74) is 1.86. The predicted molar refractivity (Wildman–Crippen MR) is 96.4 cm³/mol. The van der Waals surface area contributed by atoms with Crippen LogP contribution in [0, 0.1) is 11.3 Å². The van der Waals surface area contributed by atoms with Gasteiger partial charge in [0.2, 0.25) is 5.88 Å². The number of methoxy groups -OCH3 is 1. The minimum absolute atomic E-state index is 0.506. The lowest BCUT2D eigenvalue weighted by molar-refractivity contribution is 0.200. The molecule has 6 nitrogen and oxygen atoms in total. The molecule has 0 spiro atoms. The Morgan fingerprint density at radius 2 is 2.04 bits per heavy atom. The first-order valence-corrected chi connectivity index (χ1v) is 8.50. The number of nitriles is 1. The van der Waals surface area contributed by atoms with Crippen LogP contribution >= 0.6 is 0 Å². The Bertz CT molecular complexity index is 749. The molecule has 1 fully saturated rings. The molecule has 6 heteroatoms. The summed E-state index contributed by atoms with van der Waals surface area (Å²) < 4.78 is 5.18. The Labute approximate surface area is 148 Å². The molecule has 1 aromatic carbocycles. The number of hydrogen-bond acceptors (Lipinski definition) is 6. The van der Waals surface area contributed by atoms with Gasteiger partial charge in [-0.05, 0) is 31.5 Å². The summed E-state index contributed by atoms with van der Waals surface area (Å²) in [6, 6.07) is 12.5. The van der Waals surface area contributed by atoms with Gasteiger partial charge < -0.3 is 9.64 Å². The second-order valence-corrected chi connectivity index (χ2v) is 6.32. The first-order chi connectivity index (χ1) is 12.2. The van der Waals surface area contributed by atoms with Crippen molar-refractivity contribution < 1.29 is 4.74 Å². The van der Waals surface area contributed by atoms with Crippen LogP contribution in [0.1, 0.15) is 24.0 Å². The molecular weight excluding hydrogens is 314 g/mol. The Balaban J connectivity index is 1.59. The molecular formula is C19H23N5O. The summed E-state index contributed by atoms with van der Waals surface area (Å²) in [7, 11) is 3.76. The van der Waals surface area contributed by atoms with Crippen molar-refractivity contribution >= 4 is 5.82 Å². The van der Waals surface area contributed by atoms with Crippen molar-refractivity contribution in [2.45, 2.75) is 25.4 Å². The van der Waals surface area contributed by atoms with E-state index in [0.29, 0.717) is 11.9 Å². The molecule has 2 aromatic rings. The normalized spacial score (nSPS) is 15.2. The lowest BCUT2D eigenvalue weighted by Crippen LogP contribution is -2.43. The number of anilines is 1. The molecule has 0 N–H and O–H groups in total. The van der Waals surface area contributed by atoms with E-state index in [1.807, 2.05) is 30.3 Å². The molecule has 1 saturated heterocycles. The molecule has 0 bridgehead atoms. The highest BCUT2D eigenvalue weighted by Crippen LogP contribution is 2.23. The standard InChI is InChI=1S/C19H23N5O/c1-23(13-16-6-4-3-5-15(16)12-20)17-7-9-24(10-8-17)18-11-19(25-2)22-14-21-18/h3-6,11,14,17H,7-10,13H2,1-2H3. The topological polar surface area (TPSA) is 65.3 Å². The van der Waals surface area contributed by atoms with Crippen LogP contribution in [0.15, 0.2) is 36.7 Å². The Morgan fingerprint density at radius 3 is 2.76 bits per heavy atom. The second kappa shape index (κ2) is 7.95. The van der Waals surface area contributed by atoms with Crippen molar-refractivity contribution in [3.8, 4) is 11.9 Å². The summed E-state index contributed by atoms with van der Waals surface area (Å²) >= 11 is 0. The Kier molecular flexibility index (Phi) is 5.46.